The van der Waals surface area contributed by atoms with E-state index in [4.69, 9.17) is 0 Å². The van der Waals surface area contributed by atoms with Crippen molar-refractivity contribution in [3.63, 3.8) is 0 Å². The molecule has 1 fully saturated rings. The standard InChI is InChI=1S/C21H32F2N4O2/c1-4-19(17-9-8-16(22)15-18(17)23)26-11-13-27(14-12-26)21(24-2)25-10-6-5-7-20(28)29-3/h8-9,15,19H,4-7,10-14H2,1-3H3,(H,24,25). The summed E-state index contributed by atoms with van der Waals surface area (Å²) >= 11 is 0. The van der Waals surface area contributed by atoms with Crippen molar-refractivity contribution in [3.05, 3.63) is 35.4 Å². The minimum Gasteiger partial charge on any atom is -0.469 e. The van der Waals surface area contributed by atoms with Gasteiger partial charge in [-0.05, 0) is 25.3 Å². The number of aliphatic imine (C=N–C) groups is 1. The van der Waals surface area contributed by atoms with Crippen LogP contribution in [-0.2, 0) is 9.53 Å². The molecule has 1 aromatic carbocycles. The first-order valence-electron chi connectivity index (χ1n) is 10.2. The fourth-order valence-electron chi connectivity index (χ4n) is 3.72. The quantitative estimate of drug-likeness (QED) is 0.309. The molecule has 162 valence electrons. The summed E-state index contributed by atoms with van der Waals surface area (Å²) in [6.07, 6.45) is 2.81. The van der Waals surface area contributed by atoms with Gasteiger partial charge < -0.3 is 15.0 Å². The second-order valence-corrected chi connectivity index (χ2v) is 7.12. The Balaban J connectivity index is 1.83. The van der Waals surface area contributed by atoms with E-state index in [0.29, 0.717) is 12.0 Å². The van der Waals surface area contributed by atoms with Gasteiger partial charge in [0, 0.05) is 63.9 Å². The monoisotopic (exact) mass is 410 g/mol. The molecule has 8 heteroatoms. The molecule has 0 amide bonds. The number of nitrogens with one attached hydrogen (secondary N) is 1. The number of ether oxygens (including phenoxy) is 1. The molecule has 1 N–H and O–H groups in total. The summed E-state index contributed by atoms with van der Waals surface area (Å²) in [5.74, 6) is -0.381. The van der Waals surface area contributed by atoms with Gasteiger partial charge >= 0.3 is 5.97 Å². The number of rotatable bonds is 8. The Morgan fingerprint density at radius 3 is 2.55 bits per heavy atom. The molecule has 0 saturated carbocycles. The number of hydrogen-bond acceptors (Lipinski definition) is 4. The van der Waals surface area contributed by atoms with E-state index in [1.54, 1.807) is 13.1 Å². The van der Waals surface area contributed by atoms with Crippen LogP contribution in [0.2, 0.25) is 0 Å². The molecule has 2 rings (SSSR count). The van der Waals surface area contributed by atoms with E-state index in [0.717, 1.165) is 64.0 Å². The van der Waals surface area contributed by atoms with Crippen LogP contribution in [-0.4, -0.2) is 68.6 Å². The number of unbranched alkanes of at least 4 members (excludes halogenated alkanes) is 1. The SMILES string of the molecule is CCC(c1ccc(F)cc1F)N1CCN(C(=NC)NCCCCC(=O)OC)CC1. The van der Waals surface area contributed by atoms with Crippen LogP contribution in [0.3, 0.4) is 0 Å². The highest BCUT2D eigenvalue weighted by Gasteiger charge is 2.27. The zero-order chi connectivity index (χ0) is 21.2. The highest BCUT2D eigenvalue weighted by Crippen LogP contribution is 2.28. The lowest BCUT2D eigenvalue weighted by Crippen LogP contribution is -2.53. The summed E-state index contributed by atoms with van der Waals surface area (Å²) < 4.78 is 32.1. The zero-order valence-corrected chi connectivity index (χ0v) is 17.6. The third kappa shape index (κ3) is 6.66. The first-order valence-corrected chi connectivity index (χ1v) is 10.2. The summed E-state index contributed by atoms with van der Waals surface area (Å²) in [6, 6.07) is 3.77. The van der Waals surface area contributed by atoms with Crippen LogP contribution in [0.25, 0.3) is 0 Å². The third-order valence-corrected chi connectivity index (χ3v) is 5.29. The van der Waals surface area contributed by atoms with Gasteiger partial charge in [-0.15, -0.1) is 0 Å². The van der Waals surface area contributed by atoms with Crippen LogP contribution in [0.15, 0.2) is 23.2 Å². The second-order valence-electron chi connectivity index (χ2n) is 7.12. The van der Waals surface area contributed by atoms with Crippen LogP contribution >= 0.6 is 0 Å². The molecule has 0 radical (unpaired) electrons. The van der Waals surface area contributed by atoms with Crippen molar-refractivity contribution in [1.82, 2.24) is 15.1 Å². The van der Waals surface area contributed by atoms with Crippen LogP contribution < -0.4 is 5.32 Å². The van der Waals surface area contributed by atoms with Crippen molar-refractivity contribution >= 4 is 11.9 Å². The number of halogens is 2. The average Bonchev–Trinajstić information content (AvgIpc) is 2.73. The summed E-state index contributed by atoms with van der Waals surface area (Å²) in [5, 5.41) is 3.34. The average molecular weight is 411 g/mol. The maximum atomic E-state index is 14.2. The maximum Gasteiger partial charge on any atom is 0.305 e. The Kier molecular flexibility index (Phi) is 9.31. The number of methoxy groups -OCH3 is 1. The van der Waals surface area contributed by atoms with Gasteiger partial charge in [-0.25, -0.2) is 8.78 Å². The lowest BCUT2D eigenvalue weighted by Gasteiger charge is -2.40. The largest absolute Gasteiger partial charge is 0.469 e. The topological polar surface area (TPSA) is 57.2 Å². The molecule has 1 atom stereocenters. The third-order valence-electron chi connectivity index (χ3n) is 5.29. The lowest BCUT2D eigenvalue weighted by molar-refractivity contribution is -0.140. The number of nitrogens with zero attached hydrogens (tertiary/aromatic N) is 3. The van der Waals surface area contributed by atoms with Gasteiger partial charge in [0.15, 0.2) is 5.96 Å². The van der Waals surface area contributed by atoms with Crippen LogP contribution in [0.1, 0.15) is 44.2 Å². The molecule has 0 aliphatic carbocycles. The van der Waals surface area contributed by atoms with Crippen molar-refractivity contribution in [2.75, 3.05) is 46.9 Å². The Labute approximate surface area is 171 Å². The van der Waals surface area contributed by atoms with E-state index < -0.39 is 11.6 Å². The van der Waals surface area contributed by atoms with Gasteiger partial charge in [-0.3, -0.25) is 14.7 Å². The van der Waals surface area contributed by atoms with Crippen LogP contribution in [0.5, 0.6) is 0 Å². The van der Waals surface area contributed by atoms with Gasteiger partial charge in [0.25, 0.3) is 0 Å². The molecule has 1 saturated heterocycles. The fraction of sp³-hybridized carbons (Fsp3) is 0.619. The second kappa shape index (κ2) is 11.7. The highest BCUT2D eigenvalue weighted by atomic mass is 19.1. The van der Waals surface area contributed by atoms with E-state index >= 15 is 0 Å². The number of carbonyl (C=O) groups excluding carboxylic acids is 1. The predicted molar refractivity (Wildman–Crippen MR) is 110 cm³/mol. The predicted octanol–water partition coefficient (Wildman–Crippen LogP) is 2.95. The van der Waals surface area contributed by atoms with Gasteiger partial charge in [0.1, 0.15) is 11.6 Å². The summed E-state index contributed by atoms with van der Waals surface area (Å²) in [6.45, 7) is 5.87. The van der Waals surface area contributed by atoms with Crippen molar-refractivity contribution in [3.8, 4) is 0 Å². The Morgan fingerprint density at radius 2 is 1.97 bits per heavy atom. The molecule has 0 bridgehead atoms. The van der Waals surface area contributed by atoms with Gasteiger partial charge in [-0.2, -0.15) is 0 Å². The van der Waals surface area contributed by atoms with Crippen LogP contribution in [0, 0.1) is 11.6 Å². The van der Waals surface area contributed by atoms with Crippen molar-refractivity contribution in [1.29, 1.82) is 0 Å². The molecule has 6 nitrogen and oxygen atoms in total. The molecule has 1 aromatic rings. The maximum absolute atomic E-state index is 14.2. The number of benzene rings is 1. The molecule has 29 heavy (non-hydrogen) atoms. The number of esters is 1. The minimum absolute atomic E-state index is 0.0638. The molecule has 1 aliphatic rings. The van der Waals surface area contributed by atoms with Gasteiger partial charge in [-0.1, -0.05) is 13.0 Å². The number of carbonyl (C=O) groups is 1. The smallest absolute Gasteiger partial charge is 0.305 e. The molecule has 1 heterocycles. The number of guanidine groups is 1. The lowest BCUT2D eigenvalue weighted by atomic mass is 10.0. The van der Waals surface area contributed by atoms with Gasteiger partial charge in [0.05, 0.1) is 7.11 Å². The number of piperazine rings is 1. The van der Waals surface area contributed by atoms with Crippen molar-refractivity contribution in [2.45, 2.75) is 38.6 Å². The number of hydrogen-bond donors (Lipinski definition) is 1. The molecule has 1 aliphatic heterocycles. The zero-order valence-electron chi connectivity index (χ0n) is 17.6. The summed E-state index contributed by atoms with van der Waals surface area (Å²) in [7, 11) is 3.15. The van der Waals surface area contributed by atoms with E-state index in [-0.39, 0.29) is 12.0 Å². The van der Waals surface area contributed by atoms with Crippen LogP contribution in [0.4, 0.5) is 8.78 Å². The highest BCUT2D eigenvalue weighted by molar-refractivity contribution is 5.80. The van der Waals surface area contributed by atoms with Crippen molar-refractivity contribution in [2.24, 2.45) is 4.99 Å². The molecule has 0 aromatic heterocycles. The van der Waals surface area contributed by atoms with E-state index in [2.05, 4.69) is 24.8 Å². The van der Waals surface area contributed by atoms with Crippen molar-refractivity contribution < 1.29 is 18.3 Å². The molecule has 1 unspecified atom stereocenters. The van der Waals surface area contributed by atoms with E-state index in [1.807, 2.05) is 6.92 Å². The van der Waals surface area contributed by atoms with Gasteiger partial charge in [0.2, 0.25) is 0 Å². The molecular weight excluding hydrogens is 378 g/mol. The fourth-order valence-corrected chi connectivity index (χ4v) is 3.72. The minimum atomic E-state index is -0.549. The Hall–Kier alpha value is -2.22. The molecular formula is C21H32F2N4O2. The Bertz CT molecular complexity index is 691. The Morgan fingerprint density at radius 1 is 1.24 bits per heavy atom. The first kappa shape index (κ1) is 23.1. The normalized spacial score (nSPS) is 16.6. The molecule has 0 spiro atoms. The summed E-state index contributed by atoms with van der Waals surface area (Å²) in [5.41, 5.74) is 0.551. The van der Waals surface area contributed by atoms with E-state index in [9.17, 15) is 13.6 Å². The van der Waals surface area contributed by atoms with E-state index in [1.165, 1.54) is 13.2 Å². The first-order chi connectivity index (χ1) is 14.0. The summed E-state index contributed by atoms with van der Waals surface area (Å²) in [4.78, 5) is 19.9.